The highest BCUT2D eigenvalue weighted by Crippen LogP contribution is 2.23. The summed E-state index contributed by atoms with van der Waals surface area (Å²) >= 11 is 3.47. The summed E-state index contributed by atoms with van der Waals surface area (Å²) in [6.45, 7) is 6.91. The summed E-state index contributed by atoms with van der Waals surface area (Å²) in [6.07, 6.45) is 4.00. The Kier molecular flexibility index (Phi) is 5.38. The van der Waals surface area contributed by atoms with E-state index in [4.69, 9.17) is 0 Å². The van der Waals surface area contributed by atoms with Crippen molar-refractivity contribution in [2.45, 2.75) is 46.0 Å². The third-order valence-corrected chi connectivity index (χ3v) is 3.39. The molecule has 0 amide bonds. The van der Waals surface area contributed by atoms with Gasteiger partial charge in [0.25, 0.3) is 0 Å². The summed E-state index contributed by atoms with van der Waals surface area (Å²) in [5.74, 6) is 1.53. The highest BCUT2D eigenvalue weighted by atomic mass is 79.9. The number of halogens is 1. The first-order valence-corrected chi connectivity index (χ1v) is 6.64. The van der Waals surface area contributed by atoms with Gasteiger partial charge in [-0.2, -0.15) is 0 Å². The smallest absolute Gasteiger partial charge is 0.0175 e. The molecule has 1 heteroatoms. The zero-order valence-corrected chi connectivity index (χ0v) is 11.5. The van der Waals surface area contributed by atoms with E-state index in [2.05, 4.69) is 61.0 Å². The number of hydrogen-bond acceptors (Lipinski definition) is 0. The highest BCUT2D eigenvalue weighted by molar-refractivity contribution is 9.10. The van der Waals surface area contributed by atoms with Gasteiger partial charge in [0, 0.05) is 4.47 Å². The van der Waals surface area contributed by atoms with Crippen molar-refractivity contribution < 1.29 is 0 Å². The van der Waals surface area contributed by atoms with Crippen molar-refractivity contribution in [2.24, 2.45) is 5.92 Å². The first-order valence-electron chi connectivity index (χ1n) is 5.85. The lowest BCUT2D eigenvalue weighted by Crippen LogP contribution is -1.95. The van der Waals surface area contributed by atoms with Crippen LogP contribution in [0.25, 0.3) is 0 Å². The topological polar surface area (TPSA) is 0 Å². The Labute approximate surface area is 102 Å². The van der Waals surface area contributed by atoms with Gasteiger partial charge in [0.2, 0.25) is 0 Å². The second kappa shape index (κ2) is 6.32. The van der Waals surface area contributed by atoms with E-state index in [0.717, 1.165) is 5.92 Å². The molecule has 15 heavy (non-hydrogen) atoms. The molecular weight excluding hydrogens is 248 g/mol. The average molecular weight is 269 g/mol. The normalized spacial score (nSPS) is 13.1. The molecule has 0 aliphatic heterocycles. The van der Waals surface area contributed by atoms with Crippen molar-refractivity contribution in [3.8, 4) is 0 Å². The van der Waals surface area contributed by atoms with Gasteiger partial charge in [-0.15, -0.1) is 0 Å². The molecule has 0 nitrogen and oxygen atoms in total. The lowest BCUT2D eigenvalue weighted by molar-refractivity contribution is 0.512. The van der Waals surface area contributed by atoms with Crippen LogP contribution in [0.2, 0.25) is 0 Å². The number of hydrogen-bond donors (Lipinski definition) is 0. The van der Waals surface area contributed by atoms with E-state index in [-0.39, 0.29) is 0 Å². The second-order valence-electron chi connectivity index (χ2n) is 4.78. The van der Waals surface area contributed by atoms with Gasteiger partial charge in [0.1, 0.15) is 0 Å². The zero-order valence-electron chi connectivity index (χ0n) is 9.96. The van der Waals surface area contributed by atoms with Crippen molar-refractivity contribution in [3.63, 3.8) is 0 Å². The Hall–Kier alpha value is -0.300. The van der Waals surface area contributed by atoms with E-state index in [1.54, 1.807) is 0 Å². The molecule has 0 N–H and O–H groups in total. The van der Waals surface area contributed by atoms with Crippen molar-refractivity contribution in [2.75, 3.05) is 0 Å². The van der Waals surface area contributed by atoms with Crippen LogP contribution in [0, 0.1) is 5.92 Å². The van der Waals surface area contributed by atoms with E-state index < -0.39 is 0 Å². The lowest BCUT2D eigenvalue weighted by atomic mass is 9.94. The van der Waals surface area contributed by atoms with Crippen LogP contribution in [-0.2, 0) is 0 Å². The summed E-state index contributed by atoms with van der Waals surface area (Å²) in [5.41, 5.74) is 1.46. The maximum Gasteiger partial charge on any atom is 0.0175 e. The maximum absolute atomic E-state index is 3.47. The zero-order chi connectivity index (χ0) is 11.3. The summed E-state index contributed by atoms with van der Waals surface area (Å²) in [5, 5.41) is 0. The molecule has 0 fully saturated rings. The molecule has 1 aromatic rings. The molecule has 1 rings (SSSR count). The van der Waals surface area contributed by atoms with Gasteiger partial charge in [-0.1, -0.05) is 61.7 Å². The van der Waals surface area contributed by atoms with Crippen molar-refractivity contribution in [1.29, 1.82) is 0 Å². The molecule has 0 heterocycles. The minimum atomic E-state index is 0.692. The van der Waals surface area contributed by atoms with Crippen LogP contribution in [-0.4, -0.2) is 0 Å². The molecule has 0 saturated carbocycles. The van der Waals surface area contributed by atoms with E-state index in [1.165, 1.54) is 29.3 Å². The molecule has 1 unspecified atom stereocenters. The van der Waals surface area contributed by atoms with Crippen LogP contribution in [0.3, 0.4) is 0 Å². The molecule has 84 valence electrons. The molecule has 0 bridgehead atoms. The van der Waals surface area contributed by atoms with Gasteiger partial charge >= 0.3 is 0 Å². The van der Waals surface area contributed by atoms with E-state index >= 15 is 0 Å². The quantitative estimate of drug-likeness (QED) is 0.673. The second-order valence-corrected chi connectivity index (χ2v) is 5.69. The van der Waals surface area contributed by atoms with Crippen molar-refractivity contribution in [3.05, 3.63) is 34.3 Å². The van der Waals surface area contributed by atoms with Crippen LogP contribution in [0.15, 0.2) is 28.7 Å². The van der Waals surface area contributed by atoms with Crippen molar-refractivity contribution in [1.82, 2.24) is 0 Å². The number of benzene rings is 1. The molecular formula is C14H21Br. The Morgan fingerprint density at radius 3 is 2.13 bits per heavy atom. The molecule has 0 aliphatic carbocycles. The van der Waals surface area contributed by atoms with Crippen LogP contribution in [0.4, 0.5) is 0 Å². The van der Waals surface area contributed by atoms with E-state index in [9.17, 15) is 0 Å². The molecule has 0 aromatic heterocycles. The average Bonchev–Trinajstić information content (AvgIpc) is 2.18. The Morgan fingerprint density at radius 2 is 1.60 bits per heavy atom. The first kappa shape index (κ1) is 12.8. The molecule has 0 aliphatic rings. The summed E-state index contributed by atoms with van der Waals surface area (Å²) in [7, 11) is 0. The fourth-order valence-electron chi connectivity index (χ4n) is 1.79. The Bertz CT molecular complexity index is 274. The van der Waals surface area contributed by atoms with Crippen molar-refractivity contribution >= 4 is 15.9 Å². The number of rotatable bonds is 5. The van der Waals surface area contributed by atoms with Gasteiger partial charge in [0.05, 0.1) is 0 Å². The third kappa shape index (κ3) is 4.83. The van der Waals surface area contributed by atoms with Crippen LogP contribution in [0.5, 0.6) is 0 Å². The van der Waals surface area contributed by atoms with Gasteiger partial charge < -0.3 is 0 Å². The fraction of sp³-hybridized carbons (Fsp3) is 0.571. The minimum absolute atomic E-state index is 0.692. The van der Waals surface area contributed by atoms with E-state index in [1.807, 2.05) is 0 Å². The van der Waals surface area contributed by atoms with Crippen LogP contribution < -0.4 is 0 Å². The summed E-state index contributed by atoms with van der Waals surface area (Å²) < 4.78 is 1.17. The maximum atomic E-state index is 3.47. The predicted octanol–water partition coefficient (Wildman–Crippen LogP) is 5.38. The summed E-state index contributed by atoms with van der Waals surface area (Å²) in [4.78, 5) is 0. The monoisotopic (exact) mass is 268 g/mol. The third-order valence-electron chi connectivity index (χ3n) is 2.86. The molecule has 1 atom stereocenters. The van der Waals surface area contributed by atoms with Gasteiger partial charge in [-0.05, 0) is 36.0 Å². The lowest BCUT2D eigenvalue weighted by Gasteiger charge is -2.12. The molecule has 0 saturated heterocycles. The SMILES string of the molecule is CC(C)CCCC(C)c1ccc(Br)cc1. The highest BCUT2D eigenvalue weighted by Gasteiger charge is 2.05. The van der Waals surface area contributed by atoms with Gasteiger partial charge in [-0.25, -0.2) is 0 Å². The standard InChI is InChI=1S/C14H21Br/c1-11(2)5-4-6-12(3)13-7-9-14(15)10-8-13/h7-12H,4-6H2,1-3H3. The first-order chi connectivity index (χ1) is 7.09. The van der Waals surface area contributed by atoms with Gasteiger partial charge in [0.15, 0.2) is 0 Å². The Balaban J connectivity index is 2.40. The van der Waals surface area contributed by atoms with Crippen LogP contribution in [0.1, 0.15) is 51.5 Å². The predicted molar refractivity (Wildman–Crippen MR) is 71.2 cm³/mol. The fourth-order valence-corrected chi connectivity index (χ4v) is 2.05. The molecule has 1 aromatic carbocycles. The van der Waals surface area contributed by atoms with Crippen LogP contribution >= 0.6 is 15.9 Å². The van der Waals surface area contributed by atoms with E-state index in [0.29, 0.717) is 5.92 Å². The summed E-state index contributed by atoms with van der Waals surface area (Å²) in [6, 6.07) is 8.72. The minimum Gasteiger partial charge on any atom is -0.0628 e. The van der Waals surface area contributed by atoms with Gasteiger partial charge in [-0.3, -0.25) is 0 Å². The molecule has 0 spiro atoms. The molecule has 0 radical (unpaired) electrons. The largest absolute Gasteiger partial charge is 0.0628 e. The Morgan fingerprint density at radius 1 is 1.00 bits per heavy atom.